The Balaban J connectivity index is 1.55. The van der Waals surface area contributed by atoms with E-state index in [0.29, 0.717) is 12.2 Å². The Morgan fingerprint density at radius 2 is 2.10 bits per heavy atom. The number of anilines is 1. The van der Waals surface area contributed by atoms with Gasteiger partial charge < -0.3 is 20.4 Å². The van der Waals surface area contributed by atoms with Gasteiger partial charge in [0.25, 0.3) is 5.91 Å². The lowest BCUT2D eigenvalue weighted by Gasteiger charge is -2.11. The van der Waals surface area contributed by atoms with Gasteiger partial charge in [0.05, 0.1) is 17.8 Å². The Kier molecular flexibility index (Phi) is 8.02. The minimum atomic E-state index is -0.274. The van der Waals surface area contributed by atoms with Gasteiger partial charge in [-0.1, -0.05) is 19.1 Å². The van der Waals surface area contributed by atoms with Gasteiger partial charge in [-0.2, -0.15) is 0 Å². The van der Waals surface area contributed by atoms with Crippen molar-refractivity contribution in [3.05, 3.63) is 70.1 Å². The van der Waals surface area contributed by atoms with Crippen LogP contribution in [0.15, 0.2) is 58.3 Å². The van der Waals surface area contributed by atoms with Crippen LogP contribution in [0.25, 0.3) is 0 Å². The number of nitrogens with zero attached hydrogens (tertiary/aromatic N) is 2. The highest BCUT2D eigenvalue weighted by Crippen LogP contribution is 2.14. The highest BCUT2D eigenvalue weighted by Gasteiger charge is 2.09. The van der Waals surface area contributed by atoms with Crippen LogP contribution in [0.1, 0.15) is 39.9 Å². The Hall–Kier alpha value is -3.13. The second kappa shape index (κ2) is 11.2. The zero-order valence-corrected chi connectivity index (χ0v) is 18.1. The van der Waals surface area contributed by atoms with E-state index in [1.807, 2.05) is 37.4 Å². The van der Waals surface area contributed by atoms with Crippen LogP contribution in [0.3, 0.4) is 0 Å². The second-order valence-corrected chi connectivity index (χ2v) is 7.78. The van der Waals surface area contributed by atoms with E-state index in [9.17, 15) is 4.79 Å². The van der Waals surface area contributed by atoms with E-state index in [1.54, 1.807) is 23.5 Å². The van der Waals surface area contributed by atoms with Crippen LogP contribution in [0.4, 0.5) is 5.69 Å². The topological polar surface area (TPSA) is 91.5 Å². The molecule has 1 aromatic carbocycles. The van der Waals surface area contributed by atoms with E-state index < -0.39 is 0 Å². The molecule has 0 aliphatic carbocycles. The largest absolute Gasteiger partial charge is 0.459 e. The normalized spacial score (nSPS) is 11.3. The Bertz CT molecular complexity index is 966. The van der Waals surface area contributed by atoms with Crippen molar-refractivity contribution in [1.29, 1.82) is 0 Å². The highest BCUT2D eigenvalue weighted by molar-refractivity contribution is 7.11. The summed E-state index contributed by atoms with van der Waals surface area (Å²) in [4.78, 5) is 22.6. The molecule has 0 aliphatic heterocycles. The van der Waals surface area contributed by atoms with Gasteiger partial charge >= 0.3 is 0 Å². The number of rotatable bonds is 9. The van der Waals surface area contributed by atoms with Crippen molar-refractivity contribution in [1.82, 2.24) is 15.6 Å². The molecular formula is C22H27N5O2S. The molecule has 0 aliphatic rings. The fraction of sp³-hybridized carbons (Fsp3) is 0.318. The highest BCUT2D eigenvalue weighted by atomic mass is 32.1. The molecule has 3 aromatic rings. The predicted octanol–water partition coefficient (Wildman–Crippen LogP) is 3.85. The Morgan fingerprint density at radius 1 is 1.20 bits per heavy atom. The summed E-state index contributed by atoms with van der Waals surface area (Å²) >= 11 is 1.76. The number of benzene rings is 1. The van der Waals surface area contributed by atoms with Crippen LogP contribution in [0, 0.1) is 0 Å². The molecule has 2 aromatic heterocycles. The van der Waals surface area contributed by atoms with E-state index in [0.717, 1.165) is 42.5 Å². The van der Waals surface area contributed by atoms with E-state index in [4.69, 9.17) is 4.42 Å². The fourth-order valence-electron chi connectivity index (χ4n) is 2.77. The van der Waals surface area contributed by atoms with Gasteiger partial charge in [-0.05, 0) is 43.2 Å². The number of hydrogen-bond donors (Lipinski definition) is 3. The molecule has 0 spiro atoms. The van der Waals surface area contributed by atoms with Gasteiger partial charge in [0.1, 0.15) is 0 Å². The molecule has 3 rings (SSSR count). The molecule has 158 valence electrons. The number of amides is 1. The van der Waals surface area contributed by atoms with Crippen molar-refractivity contribution >= 4 is 28.9 Å². The van der Waals surface area contributed by atoms with Gasteiger partial charge in [0.15, 0.2) is 11.7 Å². The van der Waals surface area contributed by atoms with Crippen molar-refractivity contribution in [3.8, 4) is 0 Å². The molecule has 0 atom stereocenters. The summed E-state index contributed by atoms with van der Waals surface area (Å²) in [5, 5.41) is 10.6. The zero-order valence-electron chi connectivity index (χ0n) is 17.3. The van der Waals surface area contributed by atoms with Crippen LogP contribution in [0.2, 0.25) is 0 Å². The van der Waals surface area contributed by atoms with Gasteiger partial charge in [0, 0.05) is 36.3 Å². The van der Waals surface area contributed by atoms with E-state index in [2.05, 4.69) is 32.9 Å². The molecular weight excluding hydrogens is 398 g/mol. The predicted molar refractivity (Wildman–Crippen MR) is 121 cm³/mol. The maximum absolute atomic E-state index is 12.1. The number of thiazole rings is 1. The molecule has 0 fully saturated rings. The zero-order chi connectivity index (χ0) is 21.2. The lowest BCUT2D eigenvalue weighted by molar-refractivity contribution is 0.0996. The van der Waals surface area contributed by atoms with E-state index >= 15 is 0 Å². The third kappa shape index (κ3) is 6.45. The summed E-state index contributed by atoms with van der Waals surface area (Å²) in [6.07, 6.45) is 5.32. The lowest BCUT2D eigenvalue weighted by atomic mass is 10.2. The number of carbonyl (C=O) groups is 1. The smallest absolute Gasteiger partial charge is 0.291 e. The first-order chi connectivity index (χ1) is 14.7. The first-order valence-electron chi connectivity index (χ1n) is 10.1. The van der Waals surface area contributed by atoms with Crippen LogP contribution >= 0.6 is 11.3 Å². The number of aromatic nitrogens is 1. The molecule has 7 nitrogen and oxygen atoms in total. The standard InChI is InChI=1S/C22H27N5O2S/c1-3-18-15-25-20(30-18)10-11-24-22(23-4-2)26-14-16-7-5-8-17(13-16)27-21(28)19-9-6-12-29-19/h5-9,12-13,15H,3-4,10-11,14H2,1-2H3,(H,27,28)(H2,23,24,26). The first kappa shape index (κ1) is 21.6. The number of guanidine groups is 1. The average Bonchev–Trinajstić information content (AvgIpc) is 3.44. The van der Waals surface area contributed by atoms with Gasteiger partial charge in [-0.3, -0.25) is 4.79 Å². The SMILES string of the molecule is CCNC(=NCc1cccc(NC(=O)c2ccco2)c1)NCCc1ncc(CC)s1. The molecule has 1 amide bonds. The number of aliphatic imine (C=N–C) groups is 1. The molecule has 0 saturated carbocycles. The minimum absolute atomic E-state index is 0.274. The number of nitrogens with one attached hydrogen (secondary N) is 3. The Morgan fingerprint density at radius 3 is 2.83 bits per heavy atom. The molecule has 30 heavy (non-hydrogen) atoms. The third-order valence-electron chi connectivity index (χ3n) is 4.27. The molecule has 0 unspecified atom stereocenters. The summed E-state index contributed by atoms with van der Waals surface area (Å²) in [5.41, 5.74) is 1.70. The summed E-state index contributed by atoms with van der Waals surface area (Å²) in [6.45, 7) is 6.22. The number of hydrogen-bond acceptors (Lipinski definition) is 5. The van der Waals surface area contributed by atoms with Crippen molar-refractivity contribution in [2.24, 2.45) is 4.99 Å². The van der Waals surface area contributed by atoms with E-state index in [-0.39, 0.29) is 11.7 Å². The number of furan rings is 1. The van der Waals surface area contributed by atoms with Crippen molar-refractivity contribution < 1.29 is 9.21 Å². The molecule has 0 saturated heterocycles. The van der Waals surface area contributed by atoms with Gasteiger partial charge in [-0.25, -0.2) is 9.98 Å². The quantitative estimate of drug-likeness (QED) is 0.358. The maximum atomic E-state index is 12.1. The first-order valence-corrected chi connectivity index (χ1v) is 10.9. The third-order valence-corrected chi connectivity index (χ3v) is 5.48. The van der Waals surface area contributed by atoms with Crippen LogP contribution < -0.4 is 16.0 Å². The molecule has 0 bridgehead atoms. The van der Waals surface area contributed by atoms with Crippen molar-refractivity contribution in [2.45, 2.75) is 33.2 Å². The van der Waals surface area contributed by atoms with E-state index in [1.165, 1.54) is 11.1 Å². The number of carbonyl (C=O) groups excluding carboxylic acids is 1. The molecule has 0 radical (unpaired) electrons. The second-order valence-electron chi connectivity index (χ2n) is 6.58. The Labute approximate surface area is 180 Å². The summed E-state index contributed by atoms with van der Waals surface area (Å²) in [5.74, 6) is 0.766. The van der Waals surface area contributed by atoms with Crippen LogP contribution in [-0.2, 0) is 19.4 Å². The summed E-state index contributed by atoms with van der Waals surface area (Å²) < 4.78 is 5.13. The van der Waals surface area contributed by atoms with Crippen molar-refractivity contribution in [3.63, 3.8) is 0 Å². The van der Waals surface area contributed by atoms with Gasteiger partial charge in [-0.15, -0.1) is 11.3 Å². The molecule has 3 N–H and O–H groups in total. The fourth-order valence-corrected chi connectivity index (χ4v) is 3.64. The minimum Gasteiger partial charge on any atom is -0.459 e. The van der Waals surface area contributed by atoms with Crippen LogP contribution in [0.5, 0.6) is 0 Å². The summed E-state index contributed by atoms with van der Waals surface area (Å²) in [6, 6.07) is 11.0. The average molecular weight is 426 g/mol. The maximum Gasteiger partial charge on any atom is 0.291 e. The molecule has 2 heterocycles. The summed E-state index contributed by atoms with van der Waals surface area (Å²) in [7, 11) is 0. The molecule has 8 heteroatoms. The van der Waals surface area contributed by atoms with Gasteiger partial charge in [0.2, 0.25) is 0 Å². The lowest BCUT2D eigenvalue weighted by Crippen LogP contribution is -2.38. The van der Waals surface area contributed by atoms with Crippen LogP contribution in [-0.4, -0.2) is 29.9 Å². The number of aryl methyl sites for hydroxylation is 1. The van der Waals surface area contributed by atoms with Crippen molar-refractivity contribution in [2.75, 3.05) is 18.4 Å². The monoisotopic (exact) mass is 425 g/mol.